The van der Waals surface area contributed by atoms with E-state index in [2.05, 4.69) is 25.9 Å². The van der Waals surface area contributed by atoms with Crippen LogP contribution in [0.15, 0.2) is 72.4 Å². The lowest BCUT2D eigenvalue weighted by Gasteiger charge is -2.29. The second-order valence-electron chi connectivity index (χ2n) is 8.47. The smallest absolute Gasteiger partial charge is 0.266 e. The van der Waals surface area contributed by atoms with E-state index in [1.165, 1.54) is 0 Å². The first-order valence-corrected chi connectivity index (χ1v) is 10.9. The minimum absolute atomic E-state index is 0.0250. The Morgan fingerprint density at radius 1 is 1.09 bits per heavy atom. The van der Waals surface area contributed by atoms with Crippen LogP contribution in [-0.2, 0) is 4.79 Å². The van der Waals surface area contributed by atoms with Gasteiger partial charge in [-0.3, -0.25) is 4.79 Å². The number of hydrogen-bond donors (Lipinski definition) is 3. The van der Waals surface area contributed by atoms with Crippen molar-refractivity contribution in [3.05, 3.63) is 72.4 Å². The number of ether oxygens (including phenoxy) is 1. The minimum atomic E-state index is -0.496. The first-order valence-electron chi connectivity index (χ1n) is 10.9. The molecule has 0 bridgehead atoms. The number of rotatable bonds is 9. The monoisotopic (exact) mass is 471 g/mol. The molecule has 0 aliphatic rings. The Hall–Kier alpha value is -4.42. The molecule has 3 rings (SSSR count). The van der Waals surface area contributed by atoms with Crippen LogP contribution in [0.4, 0.5) is 28.8 Å². The standard InChI is InChI=1S/C26H29N7O2/c1-26(2,33(3)4)16-18(17-27)24(34)30-20-11-12-22(35-5)21(15-20)31-25-28-14-13-23(32-25)29-19-9-7-6-8-10-19/h6-16H,1-5H3,(H,30,34)(H2,28,29,31,32). The third-order valence-corrected chi connectivity index (χ3v) is 5.42. The number of benzene rings is 2. The Morgan fingerprint density at radius 2 is 1.83 bits per heavy atom. The molecule has 0 saturated carbocycles. The number of nitrogens with one attached hydrogen (secondary N) is 3. The van der Waals surface area contributed by atoms with Crippen LogP contribution in [0.5, 0.6) is 5.75 Å². The summed E-state index contributed by atoms with van der Waals surface area (Å²) in [7, 11) is 5.32. The summed E-state index contributed by atoms with van der Waals surface area (Å²) in [6, 6.07) is 18.5. The molecule has 1 amide bonds. The summed E-state index contributed by atoms with van der Waals surface area (Å²) in [6.07, 6.45) is 3.28. The maximum atomic E-state index is 12.8. The summed E-state index contributed by atoms with van der Waals surface area (Å²) in [5, 5.41) is 18.7. The van der Waals surface area contributed by atoms with Crippen LogP contribution in [-0.4, -0.2) is 47.5 Å². The van der Waals surface area contributed by atoms with Crippen LogP contribution in [0.3, 0.4) is 0 Å². The van der Waals surface area contributed by atoms with Crippen LogP contribution in [0.25, 0.3) is 0 Å². The van der Waals surface area contributed by atoms with Crippen molar-refractivity contribution >= 4 is 34.7 Å². The summed E-state index contributed by atoms with van der Waals surface area (Å²) in [5.74, 6) is 1.00. The number of carbonyl (C=O) groups excluding carboxylic acids is 1. The molecule has 9 nitrogen and oxygen atoms in total. The number of para-hydroxylation sites is 1. The fourth-order valence-corrected chi connectivity index (χ4v) is 2.99. The molecule has 0 aliphatic carbocycles. The minimum Gasteiger partial charge on any atom is -0.495 e. The molecule has 0 saturated heterocycles. The lowest BCUT2D eigenvalue weighted by molar-refractivity contribution is -0.112. The lowest BCUT2D eigenvalue weighted by atomic mass is 10.00. The first-order chi connectivity index (χ1) is 16.7. The van der Waals surface area contributed by atoms with Gasteiger partial charge in [-0.2, -0.15) is 10.2 Å². The summed E-state index contributed by atoms with van der Waals surface area (Å²) in [4.78, 5) is 23.5. The molecule has 0 aliphatic heterocycles. The molecule has 0 radical (unpaired) electrons. The van der Waals surface area contributed by atoms with E-state index < -0.39 is 11.4 Å². The number of hydrogen-bond acceptors (Lipinski definition) is 8. The number of carbonyl (C=O) groups is 1. The topological polar surface area (TPSA) is 115 Å². The van der Waals surface area contributed by atoms with Crippen LogP contribution >= 0.6 is 0 Å². The number of nitrogens with zero attached hydrogens (tertiary/aromatic N) is 4. The molecule has 3 N–H and O–H groups in total. The molecule has 1 aromatic heterocycles. The second-order valence-corrected chi connectivity index (χ2v) is 8.47. The van der Waals surface area contributed by atoms with Crippen LogP contribution in [0.1, 0.15) is 13.8 Å². The third-order valence-electron chi connectivity index (χ3n) is 5.42. The van der Waals surface area contributed by atoms with Crippen molar-refractivity contribution < 1.29 is 9.53 Å². The van der Waals surface area contributed by atoms with E-state index in [0.717, 1.165) is 5.69 Å². The second kappa shape index (κ2) is 11.1. The average molecular weight is 472 g/mol. The van der Waals surface area contributed by atoms with Gasteiger partial charge in [0.1, 0.15) is 23.2 Å². The largest absolute Gasteiger partial charge is 0.495 e. The van der Waals surface area contributed by atoms with E-state index in [1.807, 2.05) is 69.2 Å². The molecule has 1 heterocycles. The fourth-order valence-electron chi connectivity index (χ4n) is 2.99. The van der Waals surface area contributed by atoms with Gasteiger partial charge in [0.15, 0.2) is 0 Å². The summed E-state index contributed by atoms with van der Waals surface area (Å²) in [6.45, 7) is 3.85. The highest BCUT2D eigenvalue weighted by Crippen LogP contribution is 2.30. The predicted octanol–water partition coefficient (Wildman–Crippen LogP) is 4.70. The molecule has 35 heavy (non-hydrogen) atoms. The van der Waals surface area contributed by atoms with E-state index in [-0.39, 0.29) is 5.57 Å². The van der Waals surface area contributed by atoms with Gasteiger partial charge in [0, 0.05) is 23.1 Å². The maximum Gasteiger partial charge on any atom is 0.266 e. The van der Waals surface area contributed by atoms with Crippen LogP contribution in [0.2, 0.25) is 0 Å². The van der Waals surface area contributed by atoms with E-state index in [1.54, 1.807) is 43.6 Å². The summed E-state index contributed by atoms with van der Waals surface area (Å²) >= 11 is 0. The Labute approximate surface area is 205 Å². The first kappa shape index (κ1) is 25.2. The van der Waals surface area contributed by atoms with Crippen molar-refractivity contribution in [2.45, 2.75) is 19.4 Å². The van der Waals surface area contributed by atoms with Crippen LogP contribution < -0.4 is 20.7 Å². The van der Waals surface area contributed by atoms with Gasteiger partial charge in [0.25, 0.3) is 5.91 Å². The zero-order valence-corrected chi connectivity index (χ0v) is 20.5. The highest BCUT2D eigenvalue weighted by molar-refractivity contribution is 6.07. The molecule has 0 fully saturated rings. The SMILES string of the molecule is COc1ccc(NC(=O)C(C#N)=CC(C)(C)N(C)C)cc1Nc1nccc(Nc2ccccc2)n1. The molecule has 0 atom stereocenters. The molecular weight excluding hydrogens is 442 g/mol. The van der Waals surface area contributed by atoms with Gasteiger partial charge in [0.2, 0.25) is 5.95 Å². The summed E-state index contributed by atoms with van der Waals surface area (Å²) < 4.78 is 5.45. The highest BCUT2D eigenvalue weighted by atomic mass is 16.5. The zero-order valence-electron chi connectivity index (χ0n) is 20.5. The summed E-state index contributed by atoms with van der Waals surface area (Å²) in [5.41, 5.74) is 1.50. The molecule has 0 unspecified atom stereocenters. The van der Waals surface area contributed by atoms with E-state index in [9.17, 15) is 10.1 Å². The van der Waals surface area contributed by atoms with E-state index in [4.69, 9.17) is 4.74 Å². The molecular formula is C26H29N7O2. The van der Waals surface area contributed by atoms with Crippen molar-refractivity contribution in [3.63, 3.8) is 0 Å². The molecule has 0 spiro atoms. The van der Waals surface area contributed by atoms with E-state index >= 15 is 0 Å². The number of anilines is 5. The number of aromatic nitrogens is 2. The van der Waals surface area contributed by atoms with Crippen molar-refractivity contribution in [1.29, 1.82) is 5.26 Å². The van der Waals surface area contributed by atoms with E-state index in [0.29, 0.717) is 28.9 Å². The van der Waals surface area contributed by atoms with Gasteiger partial charge in [-0.25, -0.2) is 4.98 Å². The lowest BCUT2D eigenvalue weighted by Crippen LogP contribution is -2.37. The average Bonchev–Trinajstić information content (AvgIpc) is 2.83. The highest BCUT2D eigenvalue weighted by Gasteiger charge is 2.21. The maximum absolute atomic E-state index is 12.8. The van der Waals surface area contributed by atoms with Crippen molar-refractivity contribution in [2.24, 2.45) is 0 Å². The van der Waals surface area contributed by atoms with Crippen molar-refractivity contribution in [3.8, 4) is 11.8 Å². The van der Waals surface area contributed by atoms with Crippen molar-refractivity contribution in [1.82, 2.24) is 14.9 Å². The van der Waals surface area contributed by atoms with Crippen molar-refractivity contribution in [2.75, 3.05) is 37.2 Å². The molecule has 9 heteroatoms. The van der Waals surface area contributed by atoms with Gasteiger partial charge in [-0.05, 0) is 70.4 Å². The Morgan fingerprint density at radius 3 is 2.49 bits per heavy atom. The molecule has 3 aromatic rings. The Kier molecular flexibility index (Phi) is 8.02. The van der Waals surface area contributed by atoms with Gasteiger partial charge in [-0.15, -0.1) is 0 Å². The molecule has 180 valence electrons. The van der Waals surface area contributed by atoms with Gasteiger partial charge >= 0.3 is 0 Å². The fraction of sp³-hybridized carbons (Fsp3) is 0.231. The normalized spacial score (nSPS) is 11.5. The Bertz CT molecular complexity index is 1250. The Balaban J connectivity index is 1.81. The number of methoxy groups -OCH3 is 1. The zero-order chi connectivity index (χ0) is 25.4. The van der Waals surface area contributed by atoms with Crippen LogP contribution in [0, 0.1) is 11.3 Å². The number of likely N-dealkylation sites (N-methyl/N-ethyl adjacent to an activating group) is 1. The predicted molar refractivity (Wildman–Crippen MR) is 138 cm³/mol. The number of nitriles is 1. The number of amides is 1. The van der Waals surface area contributed by atoms with Gasteiger partial charge in [-0.1, -0.05) is 18.2 Å². The van der Waals surface area contributed by atoms with Gasteiger partial charge < -0.3 is 25.6 Å². The third kappa shape index (κ3) is 6.79. The molecule has 2 aromatic carbocycles. The quantitative estimate of drug-likeness (QED) is 0.304. The van der Waals surface area contributed by atoms with Gasteiger partial charge in [0.05, 0.1) is 12.8 Å².